The van der Waals surface area contributed by atoms with Gasteiger partial charge in [0.2, 0.25) is 0 Å². The summed E-state index contributed by atoms with van der Waals surface area (Å²) in [6.45, 7) is 3.59. The Morgan fingerprint density at radius 1 is 0.959 bits per heavy atom. The van der Waals surface area contributed by atoms with Gasteiger partial charge in [0.05, 0.1) is 34.8 Å². The smallest absolute Gasteiger partial charge is 0.416 e. The Bertz CT molecular complexity index is 1710. The number of carboxylic acids is 1. The van der Waals surface area contributed by atoms with Crippen molar-refractivity contribution in [3.63, 3.8) is 0 Å². The Labute approximate surface area is 286 Å². The second-order valence-corrected chi connectivity index (χ2v) is 12.7. The lowest BCUT2D eigenvalue weighted by Gasteiger charge is -2.26. The van der Waals surface area contributed by atoms with Gasteiger partial charge in [-0.25, -0.2) is 15.2 Å². The van der Waals surface area contributed by atoms with Gasteiger partial charge in [0, 0.05) is 31.7 Å². The van der Waals surface area contributed by atoms with E-state index < -0.39 is 35.4 Å². The second kappa shape index (κ2) is 15.3. The Hall–Kier alpha value is -3.96. The number of alkyl halides is 6. The summed E-state index contributed by atoms with van der Waals surface area (Å²) in [6.07, 6.45) is -8.16. The SMILES string of the molecule is O=C(O)c1ccc(CCNN2C(=O)/C(=C/c3cc(-c4cc(C(F)(F)F)cc(C(F)(F)F)c4)ccc3OCCN3CCOCC3)SC2=S)cc1. The molecule has 0 atom stereocenters. The van der Waals surface area contributed by atoms with Crippen LogP contribution in [0.4, 0.5) is 26.3 Å². The first-order valence-corrected chi connectivity index (χ1v) is 16.1. The molecule has 0 aromatic heterocycles. The molecule has 260 valence electrons. The average molecular weight is 726 g/mol. The van der Waals surface area contributed by atoms with E-state index in [1.807, 2.05) is 0 Å². The van der Waals surface area contributed by atoms with Crippen LogP contribution in [0.5, 0.6) is 5.75 Å². The van der Waals surface area contributed by atoms with Crippen molar-refractivity contribution in [3.8, 4) is 16.9 Å². The first-order chi connectivity index (χ1) is 23.2. The zero-order valence-corrected chi connectivity index (χ0v) is 27.2. The van der Waals surface area contributed by atoms with E-state index in [2.05, 4.69) is 10.3 Å². The number of amides is 1. The number of morpholine rings is 1. The zero-order valence-electron chi connectivity index (χ0n) is 25.6. The molecule has 0 unspecified atom stereocenters. The molecule has 0 aliphatic carbocycles. The highest BCUT2D eigenvalue weighted by Gasteiger charge is 2.37. The first-order valence-electron chi connectivity index (χ1n) is 14.9. The summed E-state index contributed by atoms with van der Waals surface area (Å²) in [5, 5.41) is 10.2. The van der Waals surface area contributed by atoms with Crippen molar-refractivity contribution in [2.75, 3.05) is 46.0 Å². The fraction of sp³-hybridized carbons (Fsp3) is 0.303. The lowest BCUT2D eigenvalue weighted by molar-refractivity contribution is -0.143. The van der Waals surface area contributed by atoms with Crippen molar-refractivity contribution in [1.82, 2.24) is 15.3 Å². The molecular formula is C33H29F6N3O5S2. The molecule has 49 heavy (non-hydrogen) atoms. The Morgan fingerprint density at radius 2 is 1.61 bits per heavy atom. The van der Waals surface area contributed by atoms with Crippen LogP contribution in [0.25, 0.3) is 17.2 Å². The van der Waals surface area contributed by atoms with E-state index in [1.54, 1.807) is 12.1 Å². The summed E-state index contributed by atoms with van der Waals surface area (Å²) in [5.41, 5.74) is 0.992. The van der Waals surface area contributed by atoms with Crippen molar-refractivity contribution in [1.29, 1.82) is 0 Å². The normalized spacial score (nSPS) is 16.9. The third-order valence-electron chi connectivity index (χ3n) is 7.66. The van der Waals surface area contributed by atoms with Crippen LogP contribution in [0.1, 0.15) is 32.6 Å². The minimum Gasteiger partial charge on any atom is -0.492 e. The summed E-state index contributed by atoms with van der Waals surface area (Å²) in [6, 6.07) is 11.8. The van der Waals surface area contributed by atoms with E-state index in [-0.39, 0.29) is 56.4 Å². The lowest BCUT2D eigenvalue weighted by Crippen LogP contribution is -2.42. The number of nitrogens with one attached hydrogen (secondary N) is 1. The first kappa shape index (κ1) is 36.3. The van der Waals surface area contributed by atoms with Crippen molar-refractivity contribution in [3.05, 3.63) is 93.4 Å². The monoisotopic (exact) mass is 725 g/mol. The number of hydrogen-bond acceptors (Lipinski definition) is 8. The van der Waals surface area contributed by atoms with Crippen molar-refractivity contribution in [2.45, 2.75) is 18.8 Å². The Kier molecular flexibility index (Phi) is 11.3. The highest BCUT2D eigenvalue weighted by molar-refractivity contribution is 8.26. The molecule has 1 amide bonds. The summed E-state index contributed by atoms with van der Waals surface area (Å²) >= 11 is 6.36. The molecule has 0 radical (unpaired) electrons. The van der Waals surface area contributed by atoms with Gasteiger partial charge in [0.25, 0.3) is 5.91 Å². The molecule has 0 bridgehead atoms. The topological polar surface area (TPSA) is 91.3 Å². The van der Waals surface area contributed by atoms with Crippen LogP contribution in [-0.4, -0.2) is 77.2 Å². The van der Waals surface area contributed by atoms with Gasteiger partial charge in [-0.1, -0.05) is 42.2 Å². The number of carboxylic acid groups (broad SMARTS) is 1. The number of benzene rings is 3. The Balaban J connectivity index is 1.41. The van der Waals surface area contributed by atoms with Gasteiger partial charge in [-0.05, 0) is 71.7 Å². The molecule has 2 N–H and O–H groups in total. The summed E-state index contributed by atoms with van der Waals surface area (Å²) in [5.74, 6) is -1.30. The maximum Gasteiger partial charge on any atom is 0.416 e. The van der Waals surface area contributed by atoms with Gasteiger partial charge in [-0.3, -0.25) is 9.69 Å². The predicted molar refractivity (Wildman–Crippen MR) is 175 cm³/mol. The van der Waals surface area contributed by atoms with Crippen LogP contribution in [0.2, 0.25) is 0 Å². The van der Waals surface area contributed by atoms with Crippen molar-refractivity contribution < 1.29 is 50.5 Å². The van der Waals surface area contributed by atoms with Gasteiger partial charge in [0.1, 0.15) is 12.4 Å². The highest BCUT2D eigenvalue weighted by Crippen LogP contribution is 2.40. The number of carbonyl (C=O) groups excluding carboxylic acids is 1. The highest BCUT2D eigenvalue weighted by atomic mass is 32.2. The van der Waals surface area contributed by atoms with Gasteiger partial charge < -0.3 is 14.6 Å². The number of ether oxygens (including phenoxy) is 2. The molecule has 0 spiro atoms. The van der Waals surface area contributed by atoms with Crippen LogP contribution < -0.4 is 10.2 Å². The van der Waals surface area contributed by atoms with E-state index in [0.29, 0.717) is 51.4 Å². The molecule has 3 aromatic rings. The minimum absolute atomic E-state index is 0.0471. The number of hydrogen-bond donors (Lipinski definition) is 2. The Morgan fingerprint density at radius 3 is 2.22 bits per heavy atom. The molecule has 2 aliphatic rings. The van der Waals surface area contributed by atoms with Crippen LogP contribution >= 0.6 is 24.0 Å². The number of thioether (sulfide) groups is 1. The average Bonchev–Trinajstić information content (AvgIpc) is 3.32. The summed E-state index contributed by atoms with van der Waals surface area (Å²) in [4.78, 5) is 26.8. The van der Waals surface area contributed by atoms with E-state index in [9.17, 15) is 35.9 Å². The predicted octanol–water partition coefficient (Wildman–Crippen LogP) is 6.75. The number of thiocarbonyl (C=S) groups is 1. The largest absolute Gasteiger partial charge is 0.492 e. The number of halogens is 6. The molecule has 2 saturated heterocycles. The molecule has 2 fully saturated rings. The summed E-state index contributed by atoms with van der Waals surface area (Å²) < 4.78 is 93.2. The minimum atomic E-state index is -5.02. The quantitative estimate of drug-likeness (QED) is 0.127. The van der Waals surface area contributed by atoms with Crippen molar-refractivity contribution >= 4 is 46.3 Å². The fourth-order valence-electron chi connectivity index (χ4n) is 5.07. The molecule has 8 nitrogen and oxygen atoms in total. The lowest BCUT2D eigenvalue weighted by atomic mass is 9.97. The maximum atomic E-state index is 13.6. The van der Waals surface area contributed by atoms with Gasteiger partial charge >= 0.3 is 18.3 Å². The second-order valence-electron chi connectivity index (χ2n) is 11.0. The molecule has 5 rings (SSSR count). The van der Waals surface area contributed by atoms with Gasteiger partial charge in [-0.15, -0.1) is 0 Å². The number of aromatic carboxylic acids is 1. The number of nitrogens with zero attached hydrogens (tertiary/aromatic N) is 2. The molecule has 0 saturated carbocycles. The van der Waals surface area contributed by atoms with Crippen molar-refractivity contribution in [2.24, 2.45) is 0 Å². The third kappa shape index (κ3) is 9.39. The standard InChI is InChI=1S/C33H29F6N3O5S2/c34-32(35,36)25-16-23(17-26(19-25)33(37,38)39)22-5-6-27(47-14-11-41-9-12-46-13-10-41)24(15-22)18-28-29(43)42(31(48)49-28)40-8-7-20-1-3-21(4-2-20)30(44)45/h1-6,15-19,40H,7-14H2,(H,44,45)/b28-18-. The van der Waals surface area contributed by atoms with E-state index in [4.69, 9.17) is 26.8 Å². The molecule has 2 heterocycles. The van der Waals surface area contributed by atoms with Gasteiger partial charge in [0.15, 0.2) is 4.32 Å². The van der Waals surface area contributed by atoms with Crippen LogP contribution in [0.3, 0.4) is 0 Å². The number of rotatable bonds is 11. The van der Waals surface area contributed by atoms with Gasteiger partial charge in [-0.2, -0.15) is 26.3 Å². The molecule has 2 aliphatic heterocycles. The molecule has 16 heteroatoms. The molecule has 3 aromatic carbocycles. The fourth-order valence-corrected chi connectivity index (χ4v) is 6.28. The molecular weight excluding hydrogens is 697 g/mol. The number of hydrazine groups is 1. The van der Waals surface area contributed by atoms with E-state index >= 15 is 0 Å². The van der Waals surface area contributed by atoms with Crippen LogP contribution in [-0.2, 0) is 28.3 Å². The van der Waals surface area contributed by atoms with Crippen LogP contribution in [0, 0.1) is 0 Å². The number of carbonyl (C=O) groups is 2. The van der Waals surface area contributed by atoms with Crippen LogP contribution in [0.15, 0.2) is 65.6 Å². The van der Waals surface area contributed by atoms with E-state index in [0.717, 1.165) is 17.3 Å². The maximum absolute atomic E-state index is 13.6. The zero-order chi connectivity index (χ0) is 35.3. The summed E-state index contributed by atoms with van der Waals surface area (Å²) in [7, 11) is 0. The van der Waals surface area contributed by atoms with E-state index in [1.165, 1.54) is 41.4 Å². The third-order valence-corrected chi connectivity index (χ3v) is 8.97.